The van der Waals surface area contributed by atoms with Crippen molar-refractivity contribution in [1.82, 2.24) is 5.32 Å². The molecule has 3 heteroatoms. The van der Waals surface area contributed by atoms with Gasteiger partial charge in [0.05, 0.1) is 0 Å². The number of hydrogen-bond donors (Lipinski definition) is 2. The highest BCUT2D eigenvalue weighted by atomic mass is 19.1. The third-order valence-electron chi connectivity index (χ3n) is 5.70. The average Bonchev–Trinajstić information content (AvgIpc) is 3.11. The van der Waals surface area contributed by atoms with E-state index in [9.17, 15) is 4.39 Å². The summed E-state index contributed by atoms with van der Waals surface area (Å²) >= 11 is 0. The van der Waals surface area contributed by atoms with Crippen LogP contribution in [0.25, 0.3) is 10.8 Å². The molecule has 1 saturated carbocycles. The number of nitrogen functional groups attached to an aromatic ring is 1. The Morgan fingerprint density at radius 1 is 0.962 bits per heavy atom. The molecule has 0 radical (unpaired) electrons. The summed E-state index contributed by atoms with van der Waals surface area (Å²) in [5, 5.41) is 5.47. The molecule has 3 aromatic carbocycles. The largest absolute Gasteiger partial charge is 0.399 e. The van der Waals surface area contributed by atoms with E-state index in [0.29, 0.717) is 17.3 Å². The molecule has 0 saturated heterocycles. The highest BCUT2D eigenvalue weighted by Crippen LogP contribution is 2.36. The molecule has 3 atom stereocenters. The Labute approximate surface area is 154 Å². The smallest absolute Gasteiger partial charge is 0.131 e. The van der Waals surface area contributed by atoms with Crippen LogP contribution in [0.15, 0.2) is 60.7 Å². The van der Waals surface area contributed by atoms with Gasteiger partial charge in [0, 0.05) is 23.2 Å². The van der Waals surface area contributed by atoms with E-state index >= 15 is 0 Å². The summed E-state index contributed by atoms with van der Waals surface area (Å²) in [5.74, 6) is 0.436. The van der Waals surface area contributed by atoms with Crippen LogP contribution >= 0.6 is 0 Å². The lowest BCUT2D eigenvalue weighted by atomic mass is 9.96. The summed E-state index contributed by atoms with van der Waals surface area (Å²) in [6.07, 6.45) is 3.49. The van der Waals surface area contributed by atoms with Gasteiger partial charge < -0.3 is 11.1 Å². The molecule has 0 aromatic heterocycles. The lowest BCUT2D eigenvalue weighted by molar-refractivity contribution is 0.458. The molecule has 0 unspecified atom stereocenters. The van der Waals surface area contributed by atoms with Crippen molar-refractivity contribution in [1.29, 1.82) is 0 Å². The van der Waals surface area contributed by atoms with Gasteiger partial charge in [-0.1, -0.05) is 42.5 Å². The number of rotatable bonds is 4. The van der Waals surface area contributed by atoms with Crippen molar-refractivity contribution in [3.05, 3.63) is 77.6 Å². The molecule has 0 spiro atoms. The van der Waals surface area contributed by atoms with Crippen molar-refractivity contribution < 1.29 is 4.39 Å². The predicted octanol–water partition coefficient (Wildman–Crippen LogP) is 5.55. The van der Waals surface area contributed by atoms with Crippen LogP contribution in [0.2, 0.25) is 0 Å². The third-order valence-corrected chi connectivity index (χ3v) is 5.70. The van der Waals surface area contributed by atoms with Gasteiger partial charge in [-0.3, -0.25) is 0 Å². The first-order valence-electron chi connectivity index (χ1n) is 9.40. The van der Waals surface area contributed by atoms with Crippen molar-refractivity contribution in [3.8, 4) is 0 Å². The van der Waals surface area contributed by atoms with Crippen LogP contribution in [0, 0.1) is 5.82 Å². The van der Waals surface area contributed by atoms with E-state index in [-0.39, 0.29) is 11.9 Å². The summed E-state index contributed by atoms with van der Waals surface area (Å²) in [6, 6.07) is 20.2. The fourth-order valence-corrected chi connectivity index (χ4v) is 4.31. The minimum Gasteiger partial charge on any atom is -0.399 e. The monoisotopic (exact) mass is 348 g/mol. The molecule has 4 rings (SSSR count). The summed E-state index contributed by atoms with van der Waals surface area (Å²) in [5.41, 5.74) is 9.16. The second kappa shape index (κ2) is 7.08. The van der Waals surface area contributed by atoms with Gasteiger partial charge in [0.25, 0.3) is 0 Å². The molecule has 0 bridgehead atoms. The van der Waals surface area contributed by atoms with Gasteiger partial charge in [0.2, 0.25) is 0 Å². The van der Waals surface area contributed by atoms with E-state index in [0.717, 1.165) is 23.1 Å². The Balaban J connectivity index is 1.48. The Bertz CT molecular complexity index is 904. The first-order chi connectivity index (χ1) is 12.6. The number of fused-ring (bicyclic) bond motifs is 1. The van der Waals surface area contributed by atoms with Crippen molar-refractivity contribution in [3.63, 3.8) is 0 Å². The van der Waals surface area contributed by atoms with E-state index in [1.807, 2.05) is 42.5 Å². The van der Waals surface area contributed by atoms with Gasteiger partial charge in [-0.2, -0.15) is 0 Å². The molecule has 26 heavy (non-hydrogen) atoms. The first-order valence-corrected chi connectivity index (χ1v) is 9.40. The minimum atomic E-state index is -0.152. The van der Waals surface area contributed by atoms with Crippen LogP contribution in [-0.2, 0) is 0 Å². The Morgan fingerprint density at radius 3 is 2.46 bits per heavy atom. The molecule has 1 fully saturated rings. The molecule has 0 heterocycles. The zero-order valence-electron chi connectivity index (χ0n) is 15.1. The second-order valence-corrected chi connectivity index (χ2v) is 7.44. The van der Waals surface area contributed by atoms with Crippen LogP contribution in [0.1, 0.15) is 49.3 Å². The number of anilines is 1. The van der Waals surface area contributed by atoms with Gasteiger partial charge in [-0.25, -0.2) is 4.39 Å². The fourth-order valence-electron chi connectivity index (χ4n) is 4.31. The predicted molar refractivity (Wildman–Crippen MR) is 107 cm³/mol. The molecule has 134 valence electrons. The summed E-state index contributed by atoms with van der Waals surface area (Å²) in [4.78, 5) is 0. The zero-order chi connectivity index (χ0) is 18.1. The van der Waals surface area contributed by atoms with E-state index in [2.05, 4.69) is 24.4 Å². The third kappa shape index (κ3) is 3.32. The minimum absolute atomic E-state index is 0.152. The van der Waals surface area contributed by atoms with E-state index < -0.39 is 0 Å². The van der Waals surface area contributed by atoms with E-state index in [1.54, 1.807) is 6.07 Å². The van der Waals surface area contributed by atoms with Crippen LogP contribution in [0.4, 0.5) is 10.1 Å². The fraction of sp³-hybridized carbons (Fsp3) is 0.304. The quantitative estimate of drug-likeness (QED) is 0.607. The molecule has 3 N–H and O–H groups in total. The summed E-state index contributed by atoms with van der Waals surface area (Å²) in [7, 11) is 0. The number of benzene rings is 3. The maximum atomic E-state index is 14.1. The topological polar surface area (TPSA) is 38.0 Å². The number of halogens is 1. The molecule has 2 nitrogen and oxygen atoms in total. The number of hydrogen-bond acceptors (Lipinski definition) is 2. The SMILES string of the molecule is C[C@@H](N[C@H]1CC[C@@H](c2ccc(N)cc2)C1)c1ccc(F)c2ccccc12. The van der Waals surface area contributed by atoms with Crippen molar-refractivity contribution >= 4 is 16.5 Å². The molecule has 1 aliphatic carbocycles. The number of nitrogens with one attached hydrogen (secondary N) is 1. The highest BCUT2D eigenvalue weighted by molar-refractivity contribution is 5.86. The van der Waals surface area contributed by atoms with Crippen LogP contribution in [-0.4, -0.2) is 6.04 Å². The van der Waals surface area contributed by atoms with Crippen LogP contribution in [0.3, 0.4) is 0 Å². The van der Waals surface area contributed by atoms with Crippen LogP contribution in [0.5, 0.6) is 0 Å². The second-order valence-electron chi connectivity index (χ2n) is 7.44. The standard InChI is InChI=1S/C23H25FN2/c1-15(20-12-13-23(24)22-5-3-2-4-21(20)22)26-19-11-8-17(14-19)16-6-9-18(25)10-7-16/h2-7,9-10,12-13,15,17,19,26H,8,11,14,25H2,1H3/t15-,17-,19+/m1/s1. The molecular weight excluding hydrogens is 323 g/mol. The summed E-state index contributed by atoms with van der Waals surface area (Å²) in [6.45, 7) is 2.18. The van der Waals surface area contributed by atoms with Gasteiger partial charge >= 0.3 is 0 Å². The Kier molecular flexibility index (Phi) is 4.64. The van der Waals surface area contributed by atoms with Crippen LogP contribution < -0.4 is 11.1 Å². The molecule has 0 amide bonds. The first kappa shape index (κ1) is 17.0. The van der Waals surface area contributed by atoms with Crippen molar-refractivity contribution in [2.45, 2.75) is 44.2 Å². The normalized spacial score (nSPS) is 21.2. The maximum absolute atomic E-state index is 14.1. The van der Waals surface area contributed by atoms with Gasteiger partial charge in [0.1, 0.15) is 5.82 Å². The van der Waals surface area contributed by atoms with Gasteiger partial charge in [-0.05, 0) is 66.8 Å². The average molecular weight is 348 g/mol. The maximum Gasteiger partial charge on any atom is 0.131 e. The number of nitrogens with two attached hydrogens (primary N) is 1. The van der Waals surface area contributed by atoms with Gasteiger partial charge in [0.15, 0.2) is 0 Å². The van der Waals surface area contributed by atoms with Crippen molar-refractivity contribution in [2.75, 3.05) is 5.73 Å². The summed E-state index contributed by atoms with van der Waals surface area (Å²) < 4.78 is 14.1. The van der Waals surface area contributed by atoms with Gasteiger partial charge in [-0.15, -0.1) is 0 Å². The van der Waals surface area contributed by atoms with E-state index in [4.69, 9.17) is 5.73 Å². The van der Waals surface area contributed by atoms with Crippen molar-refractivity contribution in [2.24, 2.45) is 0 Å². The Hall–Kier alpha value is -2.39. The highest BCUT2D eigenvalue weighted by Gasteiger charge is 2.27. The molecule has 3 aromatic rings. The van der Waals surface area contributed by atoms with E-state index in [1.165, 1.54) is 18.4 Å². The zero-order valence-corrected chi connectivity index (χ0v) is 15.1. The lowest BCUT2D eigenvalue weighted by Gasteiger charge is -2.22. The Morgan fingerprint density at radius 2 is 1.69 bits per heavy atom. The molecular formula is C23H25FN2. The lowest BCUT2D eigenvalue weighted by Crippen LogP contribution is -2.29. The molecule has 1 aliphatic rings. The molecule has 0 aliphatic heterocycles.